The number of hydrogen-bond donors (Lipinski definition) is 2. The number of fused-ring (bicyclic) bond motifs is 3. The summed E-state index contributed by atoms with van der Waals surface area (Å²) in [4.78, 5) is 16.4. The number of amides is 1. The number of carbonyl (C=O) groups excluding carboxylic acids is 1. The maximum Gasteiger partial charge on any atom is 0.261 e. The summed E-state index contributed by atoms with van der Waals surface area (Å²) in [5, 5.41) is 12.0. The van der Waals surface area contributed by atoms with Gasteiger partial charge in [-0.3, -0.25) is 4.79 Å². The Morgan fingerprint density at radius 1 is 1.52 bits per heavy atom. The number of piperidine rings is 3. The van der Waals surface area contributed by atoms with Crippen molar-refractivity contribution >= 4 is 17.2 Å². The van der Waals surface area contributed by atoms with Crippen LogP contribution >= 0.6 is 11.3 Å². The first-order valence-electron chi connectivity index (χ1n) is 7.40. The first-order chi connectivity index (χ1) is 10.2. The smallest absolute Gasteiger partial charge is 0.261 e. The number of nitrogens with zero attached hydrogens (tertiary/aromatic N) is 1. The molecule has 1 aromatic heterocycles. The number of thiophene rings is 1. The highest BCUT2D eigenvalue weighted by atomic mass is 32.1. The molecular weight excluding hydrogens is 284 g/mol. The van der Waals surface area contributed by atoms with Crippen LogP contribution in [0.25, 0.3) is 0 Å². The number of rotatable bonds is 2. The van der Waals surface area contributed by atoms with Crippen molar-refractivity contribution in [1.82, 2.24) is 10.2 Å². The Balaban J connectivity index is 1.68. The normalized spacial score (nSPS) is 27.0. The summed E-state index contributed by atoms with van der Waals surface area (Å²) in [6.45, 7) is 5.13. The third-order valence-corrected chi connectivity index (χ3v) is 5.55. The molecule has 0 aromatic carbocycles. The van der Waals surface area contributed by atoms with Gasteiger partial charge in [-0.15, -0.1) is 11.3 Å². The van der Waals surface area contributed by atoms with Crippen LogP contribution in [0.15, 0.2) is 6.07 Å². The van der Waals surface area contributed by atoms with Crippen molar-refractivity contribution in [2.24, 2.45) is 5.92 Å². The first-order valence-corrected chi connectivity index (χ1v) is 8.22. The summed E-state index contributed by atoms with van der Waals surface area (Å²) in [5.74, 6) is 6.18. The minimum Gasteiger partial charge on any atom is -0.384 e. The van der Waals surface area contributed by atoms with Gasteiger partial charge in [0.05, 0.1) is 9.75 Å². The molecule has 3 aliphatic heterocycles. The molecule has 4 heterocycles. The molecule has 1 atom stereocenters. The number of aliphatic hydroxyl groups is 1. The molecule has 4 nitrogen and oxygen atoms in total. The van der Waals surface area contributed by atoms with Crippen LogP contribution in [0.1, 0.15) is 33.0 Å². The van der Waals surface area contributed by atoms with Crippen molar-refractivity contribution in [3.05, 3.63) is 21.4 Å². The molecule has 1 unspecified atom stereocenters. The zero-order valence-corrected chi connectivity index (χ0v) is 13.0. The minimum absolute atomic E-state index is 0.0129. The van der Waals surface area contributed by atoms with Gasteiger partial charge in [0.25, 0.3) is 5.91 Å². The van der Waals surface area contributed by atoms with E-state index in [1.807, 2.05) is 13.0 Å². The fourth-order valence-electron chi connectivity index (χ4n) is 3.21. The van der Waals surface area contributed by atoms with Gasteiger partial charge in [0.1, 0.15) is 6.61 Å². The van der Waals surface area contributed by atoms with Crippen molar-refractivity contribution in [1.29, 1.82) is 0 Å². The van der Waals surface area contributed by atoms with Crippen LogP contribution in [-0.4, -0.2) is 48.2 Å². The van der Waals surface area contributed by atoms with Gasteiger partial charge in [0.15, 0.2) is 0 Å². The van der Waals surface area contributed by atoms with E-state index in [0.717, 1.165) is 17.0 Å². The van der Waals surface area contributed by atoms with E-state index in [0.29, 0.717) is 10.8 Å². The topological polar surface area (TPSA) is 52.6 Å². The average molecular weight is 304 g/mol. The van der Waals surface area contributed by atoms with E-state index >= 15 is 0 Å². The molecule has 1 amide bonds. The van der Waals surface area contributed by atoms with Crippen LogP contribution in [0.3, 0.4) is 0 Å². The molecule has 0 radical (unpaired) electrons. The maximum absolute atomic E-state index is 12.4. The Morgan fingerprint density at radius 3 is 2.90 bits per heavy atom. The molecule has 112 valence electrons. The molecule has 5 heteroatoms. The lowest BCUT2D eigenvalue weighted by molar-refractivity contribution is 0.0622. The second-order valence-corrected chi connectivity index (χ2v) is 6.85. The van der Waals surface area contributed by atoms with Gasteiger partial charge in [-0.2, -0.15) is 0 Å². The molecule has 21 heavy (non-hydrogen) atoms. The standard InChI is InChI=1S/C16H20N2O2S/c1-11-9-15(21-14(11)3-2-8-19)16(20)17-13-10-18-6-4-12(13)5-7-18/h9,12-13,19H,4-8,10H2,1H3,(H,17,20). The maximum atomic E-state index is 12.4. The Kier molecular flexibility index (Phi) is 4.29. The Hall–Kier alpha value is -1.35. The Morgan fingerprint density at radius 2 is 2.29 bits per heavy atom. The van der Waals surface area contributed by atoms with E-state index in [1.54, 1.807) is 0 Å². The lowest BCUT2D eigenvalue weighted by Gasteiger charge is -2.44. The second-order valence-electron chi connectivity index (χ2n) is 5.80. The lowest BCUT2D eigenvalue weighted by atomic mass is 9.84. The highest BCUT2D eigenvalue weighted by molar-refractivity contribution is 7.14. The molecule has 2 bridgehead atoms. The fourth-order valence-corrected chi connectivity index (χ4v) is 4.16. The largest absolute Gasteiger partial charge is 0.384 e. The summed E-state index contributed by atoms with van der Waals surface area (Å²) in [6, 6.07) is 2.18. The van der Waals surface area contributed by atoms with E-state index in [9.17, 15) is 4.79 Å². The van der Waals surface area contributed by atoms with Gasteiger partial charge in [0, 0.05) is 12.6 Å². The molecule has 2 N–H and O–H groups in total. The second kappa shape index (κ2) is 6.18. The highest BCUT2D eigenvalue weighted by Gasteiger charge is 2.35. The molecule has 4 rings (SSSR count). The molecule has 3 fully saturated rings. The van der Waals surface area contributed by atoms with E-state index in [2.05, 4.69) is 22.1 Å². The molecule has 0 aliphatic carbocycles. The number of aliphatic hydroxyl groups excluding tert-OH is 1. The van der Waals surface area contributed by atoms with Crippen LogP contribution in [0.5, 0.6) is 0 Å². The summed E-state index contributed by atoms with van der Waals surface area (Å²) in [7, 11) is 0. The molecule has 0 saturated carbocycles. The summed E-state index contributed by atoms with van der Waals surface area (Å²) in [5.41, 5.74) is 1.00. The molecular formula is C16H20N2O2S. The monoisotopic (exact) mass is 304 g/mol. The van der Waals surface area contributed by atoms with E-state index in [-0.39, 0.29) is 18.6 Å². The molecule has 3 saturated heterocycles. The van der Waals surface area contributed by atoms with Crippen LogP contribution in [0, 0.1) is 24.7 Å². The van der Waals surface area contributed by atoms with Gasteiger partial charge in [-0.05, 0) is 50.4 Å². The minimum atomic E-state index is -0.154. The van der Waals surface area contributed by atoms with Gasteiger partial charge < -0.3 is 15.3 Å². The molecule has 1 aromatic rings. The van der Waals surface area contributed by atoms with Crippen molar-refractivity contribution in [2.45, 2.75) is 25.8 Å². The van der Waals surface area contributed by atoms with Crippen molar-refractivity contribution in [3.8, 4) is 11.8 Å². The Labute approximate surface area is 129 Å². The zero-order chi connectivity index (χ0) is 14.8. The quantitative estimate of drug-likeness (QED) is 0.808. The average Bonchev–Trinajstić information content (AvgIpc) is 2.87. The van der Waals surface area contributed by atoms with Gasteiger partial charge in [-0.25, -0.2) is 0 Å². The predicted octanol–water partition coefficient (Wildman–Crippen LogP) is 1.22. The third kappa shape index (κ3) is 3.13. The Bertz CT molecular complexity index is 591. The van der Waals surface area contributed by atoms with Crippen LogP contribution in [0.4, 0.5) is 0 Å². The van der Waals surface area contributed by atoms with Crippen molar-refractivity contribution < 1.29 is 9.90 Å². The van der Waals surface area contributed by atoms with Crippen LogP contribution in [-0.2, 0) is 0 Å². The SMILES string of the molecule is Cc1cc(C(=O)NC2CN3CCC2CC3)sc1C#CCO. The van der Waals surface area contributed by atoms with Gasteiger partial charge in [0.2, 0.25) is 0 Å². The number of hydrogen-bond acceptors (Lipinski definition) is 4. The fraction of sp³-hybridized carbons (Fsp3) is 0.562. The third-order valence-electron chi connectivity index (χ3n) is 4.40. The first kappa shape index (κ1) is 14.6. The van der Waals surface area contributed by atoms with Gasteiger partial charge in [-0.1, -0.05) is 11.8 Å². The van der Waals surface area contributed by atoms with Crippen LogP contribution < -0.4 is 5.32 Å². The lowest BCUT2D eigenvalue weighted by Crippen LogP contribution is -2.57. The zero-order valence-electron chi connectivity index (χ0n) is 12.2. The van der Waals surface area contributed by atoms with Gasteiger partial charge >= 0.3 is 0 Å². The van der Waals surface area contributed by atoms with E-state index in [4.69, 9.17) is 5.11 Å². The number of carbonyl (C=O) groups is 1. The predicted molar refractivity (Wildman–Crippen MR) is 83.4 cm³/mol. The highest BCUT2D eigenvalue weighted by Crippen LogP contribution is 2.28. The van der Waals surface area contributed by atoms with E-state index < -0.39 is 0 Å². The van der Waals surface area contributed by atoms with E-state index in [1.165, 1.54) is 37.3 Å². The number of nitrogens with one attached hydrogen (secondary N) is 1. The molecule has 3 aliphatic rings. The summed E-state index contributed by atoms with van der Waals surface area (Å²) < 4.78 is 0. The number of aryl methyl sites for hydroxylation is 1. The summed E-state index contributed by atoms with van der Waals surface area (Å²) >= 11 is 1.41. The van der Waals surface area contributed by atoms with Crippen molar-refractivity contribution in [3.63, 3.8) is 0 Å². The van der Waals surface area contributed by atoms with Crippen molar-refractivity contribution in [2.75, 3.05) is 26.2 Å². The molecule has 0 spiro atoms. The van der Waals surface area contributed by atoms with Crippen LogP contribution in [0.2, 0.25) is 0 Å². The summed E-state index contributed by atoms with van der Waals surface area (Å²) in [6.07, 6.45) is 2.39.